The van der Waals surface area contributed by atoms with Gasteiger partial charge in [0.1, 0.15) is 6.04 Å². The number of amides is 1. The third-order valence-corrected chi connectivity index (χ3v) is 5.73. The average molecular weight is 467 g/mol. The molecule has 0 aliphatic carbocycles. The van der Waals surface area contributed by atoms with Gasteiger partial charge in [-0.3, -0.25) is 9.59 Å². The van der Waals surface area contributed by atoms with Crippen LogP contribution in [0, 0.1) is 0 Å². The lowest BCUT2D eigenvalue weighted by molar-refractivity contribution is -0.141. The van der Waals surface area contributed by atoms with Crippen LogP contribution in [0.3, 0.4) is 0 Å². The summed E-state index contributed by atoms with van der Waals surface area (Å²) in [5.74, 6) is -1.07. The van der Waals surface area contributed by atoms with Gasteiger partial charge >= 0.3 is 5.97 Å². The summed E-state index contributed by atoms with van der Waals surface area (Å²) in [6, 6.07) is 23.9. The van der Waals surface area contributed by atoms with Gasteiger partial charge in [-0.25, -0.2) is 8.42 Å². The standard InChI is InChI=1S/C25H26N2O5S/c1-32-23(28)17-22(20-11-7-4-8-12-20)26-25(29)24(27-33(2,30)31)21-15-13-19(14-16-21)18-9-5-3-6-10-18/h3-16,22,24,27H,17H2,1-2H3,(H,26,29). The zero-order chi connectivity index (χ0) is 23.8. The number of ether oxygens (including phenoxy) is 1. The molecular formula is C25H26N2O5S. The summed E-state index contributed by atoms with van der Waals surface area (Å²) in [6.07, 6.45) is 0.902. The fraction of sp³-hybridized carbons (Fsp3) is 0.200. The molecule has 1 amide bonds. The number of hydrogen-bond donors (Lipinski definition) is 2. The van der Waals surface area contributed by atoms with E-state index in [0.717, 1.165) is 17.4 Å². The quantitative estimate of drug-likeness (QED) is 0.471. The Morgan fingerprint density at radius 2 is 1.36 bits per heavy atom. The molecule has 2 unspecified atom stereocenters. The second kappa shape index (κ2) is 10.9. The molecule has 7 nitrogen and oxygen atoms in total. The van der Waals surface area contributed by atoms with Crippen molar-refractivity contribution in [3.8, 4) is 11.1 Å². The number of methoxy groups -OCH3 is 1. The van der Waals surface area contributed by atoms with Gasteiger partial charge in [-0.05, 0) is 22.3 Å². The Bertz CT molecular complexity index is 1180. The number of sulfonamides is 1. The van der Waals surface area contributed by atoms with E-state index in [1.54, 1.807) is 36.4 Å². The van der Waals surface area contributed by atoms with Gasteiger partial charge in [-0.2, -0.15) is 4.72 Å². The SMILES string of the molecule is COC(=O)CC(NC(=O)C(NS(C)(=O)=O)c1ccc(-c2ccccc2)cc1)c1ccccc1. The van der Waals surface area contributed by atoms with Crippen molar-refractivity contribution in [2.75, 3.05) is 13.4 Å². The van der Waals surface area contributed by atoms with Gasteiger partial charge in [0.25, 0.3) is 0 Å². The number of hydrogen-bond acceptors (Lipinski definition) is 5. The molecule has 2 N–H and O–H groups in total. The fourth-order valence-corrected chi connectivity index (χ4v) is 4.10. The number of esters is 1. The fourth-order valence-electron chi connectivity index (χ4n) is 3.43. The molecule has 0 radical (unpaired) electrons. The Kier molecular flexibility index (Phi) is 7.97. The first-order valence-corrected chi connectivity index (χ1v) is 12.2. The average Bonchev–Trinajstić information content (AvgIpc) is 2.82. The predicted octanol–water partition coefficient (Wildman–Crippen LogP) is 3.36. The van der Waals surface area contributed by atoms with Gasteiger partial charge in [-0.15, -0.1) is 0 Å². The molecule has 33 heavy (non-hydrogen) atoms. The van der Waals surface area contributed by atoms with Crippen LogP contribution in [0.1, 0.15) is 29.6 Å². The second-order valence-electron chi connectivity index (χ2n) is 7.56. The van der Waals surface area contributed by atoms with Crippen molar-refractivity contribution in [3.05, 3.63) is 96.1 Å². The van der Waals surface area contributed by atoms with Crippen molar-refractivity contribution in [1.82, 2.24) is 10.0 Å². The van der Waals surface area contributed by atoms with Crippen LogP contribution in [-0.2, 0) is 24.3 Å². The molecule has 0 saturated carbocycles. The first-order chi connectivity index (χ1) is 15.8. The molecule has 0 aliphatic heterocycles. The molecule has 0 aromatic heterocycles. The summed E-state index contributed by atoms with van der Waals surface area (Å²) in [5.41, 5.74) is 3.12. The van der Waals surface area contributed by atoms with Gasteiger partial charge in [0, 0.05) is 0 Å². The Hall–Kier alpha value is -3.49. The second-order valence-corrected chi connectivity index (χ2v) is 9.34. The van der Waals surface area contributed by atoms with Crippen LogP contribution in [0.2, 0.25) is 0 Å². The van der Waals surface area contributed by atoms with E-state index in [-0.39, 0.29) is 6.42 Å². The maximum Gasteiger partial charge on any atom is 0.307 e. The predicted molar refractivity (Wildman–Crippen MR) is 127 cm³/mol. The van der Waals surface area contributed by atoms with Gasteiger partial charge in [-0.1, -0.05) is 84.9 Å². The van der Waals surface area contributed by atoms with Crippen molar-refractivity contribution in [3.63, 3.8) is 0 Å². The third kappa shape index (κ3) is 7.00. The van der Waals surface area contributed by atoms with E-state index in [2.05, 4.69) is 10.0 Å². The molecule has 2 atom stereocenters. The summed E-state index contributed by atoms with van der Waals surface area (Å²) in [5, 5.41) is 2.80. The third-order valence-electron chi connectivity index (χ3n) is 5.06. The van der Waals surface area contributed by atoms with E-state index in [1.807, 2.05) is 48.5 Å². The first kappa shape index (κ1) is 24.2. The van der Waals surface area contributed by atoms with E-state index >= 15 is 0 Å². The van der Waals surface area contributed by atoms with Crippen LogP contribution in [0.15, 0.2) is 84.9 Å². The van der Waals surface area contributed by atoms with Gasteiger partial charge in [0.15, 0.2) is 0 Å². The molecule has 0 heterocycles. The van der Waals surface area contributed by atoms with Crippen LogP contribution in [0.25, 0.3) is 11.1 Å². The highest BCUT2D eigenvalue weighted by Crippen LogP contribution is 2.24. The van der Waals surface area contributed by atoms with Crippen LogP contribution >= 0.6 is 0 Å². The van der Waals surface area contributed by atoms with E-state index in [4.69, 9.17) is 4.74 Å². The lowest BCUT2D eigenvalue weighted by Crippen LogP contribution is -2.41. The maximum absolute atomic E-state index is 13.2. The first-order valence-electron chi connectivity index (χ1n) is 10.3. The Morgan fingerprint density at radius 1 is 0.818 bits per heavy atom. The largest absolute Gasteiger partial charge is 0.469 e. The highest BCUT2D eigenvalue weighted by atomic mass is 32.2. The molecule has 3 aromatic rings. The monoisotopic (exact) mass is 466 g/mol. The van der Waals surface area contributed by atoms with Gasteiger partial charge in [0.05, 0.1) is 25.8 Å². The van der Waals surface area contributed by atoms with Gasteiger partial charge in [0.2, 0.25) is 15.9 Å². The zero-order valence-electron chi connectivity index (χ0n) is 18.4. The molecular weight excluding hydrogens is 440 g/mol. The topological polar surface area (TPSA) is 102 Å². The van der Waals surface area contributed by atoms with Gasteiger partial charge < -0.3 is 10.1 Å². The minimum absolute atomic E-state index is 0.0925. The lowest BCUT2D eigenvalue weighted by Gasteiger charge is -2.23. The van der Waals surface area contributed by atoms with E-state index < -0.39 is 34.0 Å². The summed E-state index contributed by atoms with van der Waals surface area (Å²) in [6.45, 7) is 0. The van der Waals surface area contributed by atoms with Crippen LogP contribution in [-0.4, -0.2) is 33.7 Å². The maximum atomic E-state index is 13.2. The summed E-state index contributed by atoms with van der Waals surface area (Å²) in [4.78, 5) is 25.2. The minimum atomic E-state index is -3.71. The molecule has 3 rings (SSSR count). The van der Waals surface area contributed by atoms with Crippen molar-refractivity contribution >= 4 is 21.9 Å². The molecule has 8 heteroatoms. The normalized spacial score (nSPS) is 13.0. The molecule has 172 valence electrons. The van der Waals surface area contributed by atoms with Crippen LogP contribution in [0.5, 0.6) is 0 Å². The van der Waals surface area contributed by atoms with E-state index in [0.29, 0.717) is 11.1 Å². The Balaban J connectivity index is 1.89. The number of carbonyl (C=O) groups is 2. The van der Waals surface area contributed by atoms with Crippen LogP contribution < -0.4 is 10.0 Å². The number of carbonyl (C=O) groups excluding carboxylic acids is 2. The van der Waals surface area contributed by atoms with E-state index in [9.17, 15) is 18.0 Å². The summed E-state index contributed by atoms with van der Waals surface area (Å²) >= 11 is 0. The number of benzene rings is 3. The number of rotatable bonds is 9. The molecule has 0 saturated heterocycles. The molecule has 0 spiro atoms. The Morgan fingerprint density at radius 3 is 1.91 bits per heavy atom. The summed E-state index contributed by atoms with van der Waals surface area (Å²) < 4.78 is 31.2. The van der Waals surface area contributed by atoms with Crippen molar-refractivity contribution in [2.24, 2.45) is 0 Å². The molecule has 0 aliphatic rings. The smallest absolute Gasteiger partial charge is 0.307 e. The minimum Gasteiger partial charge on any atom is -0.469 e. The highest BCUT2D eigenvalue weighted by Gasteiger charge is 2.28. The zero-order valence-corrected chi connectivity index (χ0v) is 19.2. The lowest BCUT2D eigenvalue weighted by atomic mass is 9.99. The van der Waals surface area contributed by atoms with E-state index in [1.165, 1.54) is 7.11 Å². The number of nitrogens with one attached hydrogen (secondary N) is 2. The highest BCUT2D eigenvalue weighted by molar-refractivity contribution is 7.88. The Labute approximate surface area is 193 Å². The van der Waals surface area contributed by atoms with Crippen LogP contribution in [0.4, 0.5) is 0 Å². The molecule has 3 aromatic carbocycles. The summed E-state index contributed by atoms with van der Waals surface area (Å²) in [7, 11) is -2.44. The van der Waals surface area contributed by atoms with Crippen molar-refractivity contribution in [1.29, 1.82) is 0 Å². The molecule has 0 fully saturated rings. The molecule has 0 bridgehead atoms. The van der Waals surface area contributed by atoms with Crippen molar-refractivity contribution in [2.45, 2.75) is 18.5 Å². The van der Waals surface area contributed by atoms with Crippen molar-refractivity contribution < 1.29 is 22.7 Å².